The third kappa shape index (κ3) is 4.21. The van der Waals surface area contributed by atoms with E-state index in [0.29, 0.717) is 6.16 Å². The second kappa shape index (κ2) is 7.08. The molecular formula is C16H27NO2P+. The predicted molar refractivity (Wildman–Crippen MR) is 89.9 cm³/mol. The van der Waals surface area contributed by atoms with E-state index < -0.39 is 7.26 Å². The molecule has 0 aliphatic rings. The standard InChI is InChI=1S/C16H26NO2P/c1-7-20(6,8-2)11-15(18)17-16-12(3)9-14(19-5)10-13(16)4/h9-10H,7-8,11H2,1-6H3/p+1. The molecule has 1 aromatic carbocycles. The van der Waals surface area contributed by atoms with Crippen molar-refractivity contribution in [2.24, 2.45) is 0 Å². The fourth-order valence-corrected chi connectivity index (χ4v) is 3.88. The van der Waals surface area contributed by atoms with Crippen LogP contribution in [0.4, 0.5) is 5.69 Å². The third-order valence-electron chi connectivity index (χ3n) is 4.06. The Kier molecular flexibility index (Phi) is 6.01. The highest BCUT2D eigenvalue weighted by Crippen LogP contribution is 2.53. The Morgan fingerprint density at radius 2 is 1.70 bits per heavy atom. The highest BCUT2D eigenvalue weighted by Gasteiger charge is 2.30. The summed E-state index contributed by atoms with van der Waals surface area (Å²) in [6, 6.07) is 3.91. The first-order valence-corrected chi connectivity index (χ1v) is 9.93. The van der Waals surface area contributed by atoms with E-state index in [9.17, 15) is 4.79 Å². The Bertz CT molecular complexity index is 458. The number of nitrogens with one attached hydrogen (secondary N) is 1. The molecule has 0 aliphatic heterocycles. The first kappa shape index (κ1) is 17.0. The SMILES string of the molecule is CC[P+](C)(CC)CC(=O)Nc1c(C)cc(OC)cc1C. The molecule has 0 saturated heterocycles. The minimum atomic E-state index is -1.11. The van der Waals surface area contributed by atoms with Gasteiger partial charge in [-0.1, -0.05) is 0 Å². The Morgan fingerprint density at radius 1 is 1.20 bits per heavy atom. The van der Waals surface area contributed by atoms with Crippen molar-refractivity contribution in [1.82, 2.24) is 0 Å². The van der Waals surface area contributed by atoms with E-state index in [1.165, 1.54) is 0 Å². The van der Waals surface area contributed by atoms with Gasteiger partial charge in [-0.2, -0.15) is 0 Å². The molecule has 3 nitrogen and oxygen atoms in total. The van der Waals surface area contributed by atoms with Gasteiger partial charge in [0.15, 0.2) is 0 Å². The molecule has 1 N–H and O–H groups in total. The molecule has 0 bridgehead atoms. The van der Waals surface area contributed by atoms with Crippen molar-refractivity contribution in [2.75, 3.05) is 37.6 Å². The monoisotopic (exact) mass is 296 g/mol. The Morgan fingerprint density at radius 3 is 2.10 bits per heavy atom. The summed E-state index contributed by atoms with van der Waals surface area (Å²) in [7, 11) is 0.551. The average molecular weight is 296 g/mol. The molecule has 1 aromatic rings. The third-order valence-corrected chi connectivity index (χ3v) is 8.16. The number of benzene rings is 1. The first-order valence-electron chi connectivity index (χ1n) is 7.13. The van der Waals surface area contributed by atoms with E-state index in [1.807, 2.05) is 26.0 Å². The van der Waals surface area contributed by atoms with Crippen molar-refractivity contribution >= 4 is 18.9 Å². The van der Waals surface area contributed by atoms with Gasteiger partial charge < -0.3 is 10.1 Å². The summed E-state index contributed by atoms with van der Waals surface area (Å²) in [5, 5.41) is 3.09. The molecule has 0 atom stereocenters. The molecule has 0 saturated carbocycles. The van der Waals surface area contributed by atoms with Gasteiger partial charge in [0.2, 0.25) is 0 Å². The van der Waals surface area contributed by atoms with Crippen molar-refractivity contribution < 1.29 is 9.53 Å². The number of carbonyl (C=O) groups is 1. The Labute approximate surface area is 123 Å². The van der Waals surface area contributed by atoms with Gasteiger partial charge in [-0.3, -0.25) is 4.79 Å². The van der Waals surface area contributed by atoms with E-state index >= 15 is 0 Å². The number of methoxy groups -OCH3 is 1. The highest BCUT2D eigenvalue weighted by atomic mass is 31.2. The van der Waals surface area contributed by atoms with Gasteiger partial charge in [0.25, 0.3) is 5.91 Å². The summed E-state index contributed by atoms with van der Waals surface area (Å²) >= 11 is 0. The van der Waals surface area contributed by atoms with Gasteiger partial charge in [-0.15, -0.1) is 0 Å². The highest BCUT2D eigenvalue weighted by molar-refractivity contribution is 7.75. The van der Waals surface area contributed by atoms with Gasteiger partial charge in [-0.25, -0.2) is 0 Å². The van der Waals surface area contributed by atoms with Gasteiger partial charge >= 0.3 is 0 Å². The molecule has 4 heteroatoms. The van der Waals surface area contributed by atoms with E-state index in [-0.39, 0.29) is 5.91 Å². The van der Waals surface area contributed by atoms with Crippen LogP contribution in [0.1, 0.15) is 25.0 Å². The van der Waals surface area contributed by atoms with Crippen molar-refractivity contribution in [3.63, 3.8) is 0 Å². The maximum Gasteiger partial charge on any atom is 0.261 e. The maximum absolute atomic E-state index is 12.3. The fourth-order valence-electron chi connectivity index (χ4n) is 2.21. The largest absolute Gasteiger partial charge is 0.497 e. The summed E-state index contributed by atoms with van der Waals surface area (Å²) in [4.78, 5) is 12.3. The molecule has 1 rings (SSSR count). The minimum Gasteiger partial charge on any atom is -0.497 e. The quantitative estimate of drug-likeness (QED) is 0.808. The zero-order valence-corrected chi connectivity index (χ0v) is 14.4. The smallest absolute Gasteiger partial charge is 0.261 e. The molecule has 1 amide bonds. The lowest BCUT2D eigenvalue weighted by molar-refractivity contribution is -0.113. The van der Waals surface area contributed by atoms with Crippen molar-refractivity contribution in [3.8, 4) is 5.75 Å². The van der Waals surface area contributed by atoms with Crippen LogP contribution in [-0.2, 0) is 4.79 Å². The lowest BCUT2D eigenvalue weighted by Gasteiger charge is -2.20. The molecule has 0 spiro atoms. The number of anilines is 1. The van der Waals surface area contributed by atoms with Crippen LogP contribution < -0.4 is 10.1 Å². The first-order chi connectivity index (χ1) is 9.35. The Balaban J connectivity index is 2.86. The maximum atomic E-state index is 12.3. The number of aryl methyl sites for hydroxylation is 2. The lowest BCUT2D eigenvalue weighted by Crippen LogP contribution is -2.21. The zero-order chi connectivity index (χ0) is 15.3. The van der Waals surface area contributed by atoms with Gasteiger partial charge in [0.1, 0.15) is 11.9 Å². The summed E-state index contributed by atoms with van der Waals surface area (Å²) in [6.45, 7) is 10.7. The predicted octanol–water partition coefficient (Wildman–Crippen LogP) is 3.94. The second-order valence-corrected chi connectivity index (χ2v) is 10.4. The fraction of sp³-hybridized carbons (Fsp3) is 0.562. The molecule has 0 fully saturated rings. The van der Waals surface area contributed by atoms with Crippen LogP contribution in [0.3, 0.4) is 0 Å². The van der Waals surface area contributed by atoms with E-state index in [1.54, 1.807) is 7.11 Å². The van der Waals surface area contributed by atoms with Gasteiger partial charge in [-0.05, 0) is 51.0 Å². The molecule has 20 heavy (non-hydrogen) atoms. The van der Waals surface area contributed by atoms with Crippen LogP contribution in [0.5, 0.6) is 5.75 Å². The van der Waals surface area contributed by atoms with Crippen molar-refractivity contribution in [3.05, 3.63) is 23.3 Å². The molecule has 0 aliphatic carbocycles. The number of rotatable bonds is 6. The van der Waals surface area contributed by atoms with Crippen molar-refractivity contribution in [2.45, 2.75) is 27.7 Å². The average Bonchev–Trinajstić information content (AvgIpc) is 2.42. The topological polar surface area (TPSA) is 38.3 Å². The summed E-state index contributed by atoms with van der Waals surface area (Å²) < 4.78 is 5.24. The van der Waals surface area contributed by atoms with Gasteiger partial charge in [0.05, 0.1) is 19.4 Å². The Hall–Kier alpha value is -1.08. The van der Waals surface area contributed by atoms with Gasteiger partial charge in [0, 0.05) is 19.6 Å². The van der Waals surface area contributed by atoms with Crippen LogP contribution in [0.2, 0.25) is 0 Å². The number of carbonyl (C=O) groups excluding carboxylic acids is 1. The van der Waals surface area contributed by atoms with E-state index in [4.69, 9.17) is 4.74 Å². The van der Waals surface area contributed by atoms with Crippen LogP contribution >= 0.6 is 7.26 Å². The minimum absolute atomic E-state index is 0.140. The number of hydrogen-bond donors (Lipinski definition) is 1. The number of hydrogen-bond acceptors (Lipinski definition) is 2. The number of amides is 1. The lowest BCUT2D eigenvalue weighted by atomic mass is 10.1. The zero-order valence-electron chi connectivity index (χ0n) is 13.5. The molecule has 0 aromatic heterocycles. The summed E-state index contributed by atoms with van der Waals surface area (Å²) in [5.74, 6) is 0.971. The van der Waals surface area contributed by atoms with Crippen LogP contribution in [0, 0.1) is 13.8 Å². The molecule has 0 heterocycles. The van der Waals surface area contributed by atoms with Crippen LogP contribution in [-0.4, -0.2) is 38.2 Å². The molecule has 112 valence electrons. The molecule has 0 unspecified atom stereocenters. The van der Waals surface area contributed by atoms with E-state index in [2.05, 4.69) is 25.8 Å². The molecule has 0 radical (unpaired) electrons. The normalized spacial score (nSPS) is 11.3. The number of ether oxygens (including phenoxy) is 1. The van der Waals surface area contributed by atoms with Crippen molar-refractivity contribution in [1.29, 1.82) is 0 Å². The second-order valence-electron chi connectivity index (χ2n) is 5.59. The van der Waals surface area contributed by atoms with Crippen LogP contribution in [0.15, 0.2) is 12.1 Å². The summed E-state index contributed by atoms with van der Waals surface area (Å²) in [5.41, 5.74) is 3.01. The molecular weight excluding hydrogens is 269 g/mol. The summed E-state index contributed by atoms with van der Waals surface area (Å²) in [6.07, 6.45) is 2.92. The van der Waals surface area contributed by atoms with E-state index in [0.717, 1.165) is 34.9 Å². The van der Waals surface area contributed by atoms with Crippen LogP contribution in [0.25, 0.3) is 0 Å².